The van der Waals surface area contributed by atoms with Crippen LogP contribution in [0.25, 0.3) is 0 Å². The predicted octanol–water partition coefficient (Wildman–Crippen LogP) is 8.50. The van der Waals surface area contributed by atoms with Gasteiger partial charge in [-0.25, -0.2) is 4.79 Å². The second-order valence-electron chi connectivity index (χ2n) is 15.2. The van der Waals surface area contributed by atoms with Crippen molar-refractivity contribution in [3.63, 3.8) is 0 Å². The van der Waals surface area contributed by atoms with Gasteiger partial charge in [-0.05, 0) is 117 Å². The van der Waals surface area contributed by atoms with Gasteiger partial charge in [-0.1, -0.05) is 66.0 Å². The number of carbonyl (C=O) groups excluding carboxylic acids is 1. The minimum atomic E-state index is -0.432. The average Bonchev–Trinajstić information content (AvgIpc) is 3.23. The van der Waals surface area contributed by atoms with E-state index >= 15 is 0 Å². The maximum atomic E-state index is 12.6. The molecule has 3 saturated carbocycles. The highest BCUT2D eigenvalue weighted by molar-refractivity contribution is 5.60. The van der Waals surface area contributed by atoms with Crippen LogP contribution in [-0.2, 0) is 9.47 Å². The van der Waals surface area contributed by atoms with Crippen molar-refractivity contribution in [2.75, 3.05) is 20.1 Å². The van der Waals surface area contributed by atoms with Gasteiger partial charge in [-0.2, -0.15) is 0 Å². The van der Waals surface area contributed by atoms with Gasteiger partial charge < -0.3 is 14.4 Å². The summed E-state index contributed by atoms with van der Waals surface area (Å²) in [6, 6.07) is 0. The van der Waals surface area contributed by atoms with Crippen LogP contribution in [0.3, 0.4) is 0 Å². The molecule has 5 rings (SSSR count). The highest BCUT2D eigenvalue weighted by atomic mass is 16.7. The highest BCUT2D eigenvalue weighted by Gasteiger charge is 2.59. The normalized spacial score (nSPS) is 42.3. The number of nitrogens with zero attached hydrogens (tertiary/aromatic N) is 1. The van der Waals surface area contributed by atoms with Crippen LogP contribution in [0.2, 0.25) is 0 Å². The van der Waals surface area contributed by atoms with Crippen LogP contribution >= 0.6 is 0 Å². The fourth-order valence-electron chi connectivity index (χ4n) is 10.1. The first-order valence-electron chi connectivity index (χ1n) is 16.3. The maximum Gasteiger partial charge on any atom is 0.508 e. The second kappa shape index (κ2) is 11.5. The van der Waals surface area contributed by atoms with Gasteiger partial charge in [0, 0.05) is 13.1 Å². The Labute approximate surface area is 233 Å². The van der Waals surface area contributed by atoms with E-state index in [9.17, 15) is 4.79 Å². The topological polar surface area (TPSA) is 38.8 Å². The summed E-state index contributed by atoms with van der Waals surface area (Å²) in [4.78, 5) is 14.9. The number of ether oxygens (including phenoxy) is 2. The van der Waals surface area contributed by atoms with Crippen molar-refractivity contribution >= 4 is 6.16 Å². The molecule has 0 amide bonds. The summed E-state index contributed by atoms with van der Waals surface area (Å²) in [6.45, 7) is 14.5. The van der Waals surface area contributed by atoms with E-state index in [2.05, 4.69) is 58.7 Å². The van der Waals surface area contributed by atoms with Crippen LogP contribution in [0, 0.1) is 52.3 Å². The van der Waals surface area contributed by atoms with Crippen molar-refractivity contribution < 1.29 is 14.3 Å². The van der Waals surface area contributed by atoms with Crippen LogP contribution in [0.5, 0.6) is 0 Å². The molecule has 38 heavy (non-hydrogen) atoms. The lowest BCUT2D eigenvalue weighted by Crippen LogP contribution is -2.52. The first kappa shape index (κ1) is 28.5. The molecule has 0 radical (unpaired) electrons. The summed E-state index contributed by atoms with van der Waals surface area (Å²) in [7, 11) is 2.13. The van der Waals surface area contributed by atoms with Gasteiger partial charge >= 0.3 is 6.16 Å². The van der Waals surface area contributed by atoms with E-state index in [0.29, 0.717) is 16.7 Å². The Hall–Kier alpha value is -1.03. The molecule has 2 unspecified atom stereocenters. The highest BCUT2D eigenvalue weighted by Crippen LogP contribution is 2.67. The van der Waals surface area contributed by atoms with Crippen molar-refractivity contribution in [3.8, 4) is 0 Å². The van der Waals surface area contributed by atoms with Crippen molar-refractivity contribution in [3.05, 3.63) is 12.2 Å². The monoisotopic (exact) mass is 527 g/mol. The molecule has 5 aliphatic rings. The number of allylic oxidation sites excluding steroid dienone is 2. The number of carbonyl (C=O) groups is 1. The fraction of sp³-hybridized carbons (Fsp3) is 0.912. The minimum Gasteiger partial charge on any atom is -0.431 e. The van der Waals surface area contributed by atoms with Crippen LogP contribution in [-0.4, -0.2) is 43.4 Å². The molecule has 0 spiro atoms. The van der Waals surface area contributed by atoms with Crippen LogP contribution in [0.1, 0.15) is 112 Å². The summed E-state index contributed by atoms with van der Waals surface area (Å²) in [5.74, 6) is 5.50. The quantitative estimate of drug-likeness (QED) is 0.246. The maximum absolute atomic E-state index is 12.6. The standard InChI is InChI=1S/C34H57NO3/c1-23(2)8-7-9-24(3)29-12-13-30-28-11-10-25-22-27(38-32(36)37-26-16-20-35(6)21-17-26)14-18-33(25,4)31(28)15-19-34(29,30)5/h10-11,23-31H,7-9,12-22H2,1-6H3/t24-,25?,27?,28+,29-,30+,31+,33+,34-/m0/s1. The Kier molecular flexibility index (Phi) is 8.59. The summed E-state index contributed by atoms with van der Waals surface area (Å²) in [6.07, 6.45) is 19.6. The summed E-state index contributed by atoms with van der Waals surface area (Å²) in [5.41, 5.74) is 0.864. The number of fused-ring (bicyclic) bond motifs is 5. The first-order chi connectivity index (χ1) is 18.1. The Morgan fingerprint density at radius 1 is 0.868 bits per heavy atom. The van der Waals surface area contributed by atoms with Crippen molar-refractivity contribution in [1.82, 2.24) is 4.90 Å². The van der Waals surface area contributed by atoms with Crippen LogP contribution in [0.4, 0.5) is 4.79 Å². The van der Waals surface area contributed by atoms with E-state index in [-0.39, 0.29) is 12.2 Å². The molecule has 0 N–H and O–H groups in total. The van der Waals surface area contributed by atoms with E-state index in [0.717, 1.165) is 74.3 Å². The third kappa shape index (κ3) is 5.59. The molecule has 9 atom stereocenters. The number of hydrogen-bond acceptors (Lipinski definition) is 4. The molecule has 0 bridgehead atoms. The number of likely N-dealkylation sites (tertiary alicyclic amines) is 1. The molecule has 1 heterocycles. The van der Waals surface area contributed by atoms with Gasteiger partial charge in [-0.15, -0.1) is 0 Å². The molecule has 1 aliphatic heterocycles. The molecule has 0 aromatic rings. The van der Waals surface area contributed by atoms with Crippen molar-refractivity contribution in [2.45, 2.75) is 124 Å². The lowest BCUT2D eigenvalue weighted by atomic mass is 9.46. The molecular weight excluding hydrogens is 470 g/mol. The van der Waals surface area contributed by atoms with Gasteiger partial charge in [0.1, 0.15) is 12.2 Å². The average molecular weight is 528 g/mol. The predicted molar refractivity (Wildman–Crippen MR) is 155 cm³/mol. The number of hydrogen-bond donors (Lipinski definition) is 0. The molecule has 4 heteroatoms. The zero-order valence-electron chi connectivity index (χ0n) is 25.4. The molecule has 4 fully saturated rings. The third-order valence-electron chi connectivity index (χ3n) is 12.5. The zero-order chi connectivity index (χ0) is 27.1. The molecule has 4 aliphatic carbocycles. The summed E-state index contributed by atoms with van der Waals surface area (Å²) in [5, 5.41) is 0. The van der Waals surface area contributed by atoms with Crippen molar-refractivity contribution in [2.24, 2.45) is 52.3 Å². The first-order valence-corrected chi connectivity index (χ1v) is 16.3. The minimum absolute atomic E-state index is 0.00412. The summed E-state index contributed by atoms with van der Waals surface area (Å²) < 4.78 is 11.6. The van der Waals surface area contributed by atoms with Gasteiger partial charge in [0.2, 0.25) is 0 Å². The molecule has 216 valence electrons. The molecule has 0 aromatic carbocycles. The lowest BCUT2D eigenvalue weighted by molar-refractivity contribution is -0.0915. The zero-order valence-corrected chi connectivity index (χ0v) is 25.4. The van der Waals surface area contributed by atoms with Gasteiger partial charge in [0.25, 0.3) is 0 Å². The van der Waals surface area contributed by atoms with E-state index < -0.39 is 6.16 Å². The Bertz CT molecular complexity index is 847. The Morgan fingerprint density at radius 3 is 2.29 bits per heavy atom. The SMILES string of the molecule is CC(C)CCC[C@H](C)[C@@H]1CC[C@@H]2[C@H]3C=CC4CC(OC(=O)OC5CCN(C)CC5)CC[C@@]4(C)[C@@H]3CC[C@]21C. The molecule has 0 aromatic heterocycles. The Balaban J connectivity index is 1.19. The lowest BCUT2D eigenvalue weighted by Gasteiger charge is -2.59. The van der Waals surface area contributed by atoms with Gasteiger partial charge in [0.05, 0.1) is 0 Å². The van der Waals surface area contributed by atoms with Crippen molar-refractivity contribution in [1.29, 1.82) is 0 Å². The molecule has 4 nitrogen and oxygen atoms in total. The van der Waals surface area contributed by atoms with E-state index in [4.69, 9.17) is 9.47 Å². The van der Waals surface area contributed by atoms with E-state index in [1.165, 1.54) is 51.4 Å². The Morgan fingerprint density at radius 2 is 1.55 bits per heavy atom. The third-order valence-corrected chi connectivity index (χ3v) is 12.5. The second-order valence-corrected chi connectivity index (χ2v) is 15.2. The van der Waals surface area contributed by atoms with Gasteiger partial charge in [0.15, 0.2) is 0 Å². The smallest absolute Gasteiger partial charge is 0.431 e. The molecule has 1 saturated heterocycles. The molecular formula is C34H57NO3. The van der Waals surface area contributed by atoms with Gasteiger partial charge in [-0.3, -0.25) is 0 Å². The van der Waals surface area contributed by atoms with E-state index in [1.54, 1.807) is 0 Å². The van der Waals surface area contributed by atoms with E-state index in [1.807, 2.05) is 0 Å². The fourth-order valence-corrected chi connectivity index (χ4v) is 10.1. The number of piperidine rings is 1. The summed E-state index contributed by atoms with van der Waals surface area (Å²) >= 11 is 0. The van der Waals surface area contributed by atoms with Crippen LogP contribution < -0.4 is 0 Å². The van der Waals surface area contributed by atoms with Crippen LogP contribution in [0.15, 0.2) is 12.2 Å². The largest absolute Gasteiger partial charge is 0.508 e. The number of rotatable bonds is 7.